The van der Waals surface area contributed by atoms with Gasteiger partial charge in [-0.2, -0.15) is 0 Å². The van der Waals surface area contributed by atoms with Crippen molar-refractivity contribution in [2.45, 2.75) is 18.7 Å². The lowest BCUT2D eigenvalue weighted by molar-refractivity contribution is 0.350. The topological polar surface area (TPSA) is 75.6 Å². The molecule has 0 saturated heterocycles. The summed E-state index contributed by atoms with van der Waals surface area (Å²) in [6.45, 7) is 3.92. The van der Waals surface area contributed by atoms with Crippen molar-refractivity contribution >= 4 is 10.0 Å². The van der Waals surface area contributed by atoms with E-state index in [0.29, 0.717) is 17.9 Å². The Labute approximate surface area is 120 Å². The van der Waals surface area contributed by atoms with Gasteiger partial charge in [-0.25, -0.2) is 13.1 Å². The molecule has 0 bridgehead atoms. The van der Waals surface area contributed by atoms with Crippen LogP contribution in [0.4, 0.5) is 0 Å². The van der Waals surface area contributed by atoms with Crippen LogP contribution in [0.1, 0.15) is 19.4 Å². The largest absolute Gasteiger partial charge is 0.495 e. The summed E-state index contributed by atoms with van der Waals surface area (Å²) in [4.78, 5) is 0.126. The molecule has 0 radical (unpaired) electrons. The van der Waals surface area contributed by atoms with Gasteiger partial charge in [-0.3, -0.25) is 0 Å². The zero-order chi connectivity index (χ0) is 15.2. The Morgan fingerprint density at radius 1 is 1.40 bits per heavy atom. The zero-order valence-electron chi connectivity index (χ0n) is 11.8. The molecule has 5 nitrogen and oxygen atoms in total. The van der Waals surface area contributed by atoms with Gasteiger partial charge < -0.3 is 9.84 Å². The van der Waals surface area contributed by atoms with Gasteiger partial charge in [-0.15, -0.1) is 0 Å². The Balaban J connectivity index is 3.13. The average molecular weight is 297 g/mol. The van der Waals surface area contributed by atoms with Crippen LogP contribution in [-0.2, 0) is 10.0 Å². The van der Waals surface area contributed by atoms with Gasteiger partial charge in [0.1, 0.15) is 12.4 Å². The summed E-state index contributed by atoms with van der Waals surface area (Å²) in [5.41, 5.74) is 0.425. The number of benzene rings is 1. The van der Waals surface area contributed by atoms with Crippen LogP contribution >= 0.6 is 0 Å². The first-order chi connectivity index (χ1) is 9.40. The SMILES string of the molecule is COc1ccc(S(=O)(=O)NCC(C)C)cc1C#CCO. The fraction of sp³-hybridized carbons (Fsp3) is 0.429. The van der Waals surface area contributed by atoms with Crippen molar-refractivity contribution in [3.8, 4) is 17.6 Å². The first kappa shape index (κ1) is 16.5. The maximum Gasteiger partial charge on any atom is 0.240 e. The predicted octanol–water partition coefficient (Wildman–Crippen LogP) is 0.973. The van der Waals surface area contributed by atoms with Crippen LogP contribution in [0.5, 0.6) is 5.75 Å². The molecular weight excluding hydrogens is 278 g/mol. The second kappa shape index (κ2) is 7.29. The van der Waals surface area contributed by atoms with Crippen LogP contribution in [0.25, 0.3) is 0 Å². The smallest absolute Gasteiger partial charge is 0.240 e. The molecule has 0 spiro atoms. The molecule has 0 aliphatic rings. The van der Waals surface area contributed by atoms with Gasteiger partial charge in [0.25, 0.3) is 0 Å². The summed E-state index contributed by atoms with van der Waals surface area (Å²) in [6, 6.07) is 4.45. The average Bonchev–Trinajstić information content (AvgIpc) is 2.42. The number of ether oxygens (including phenoxy) is 1. The highest BCUT2D eigenvalue weighted by molar-refractivity contribution is 7.89. The maximum absolute atomic E-state index is 12.1. The van der Waals surface area contributed by atoms with Gasteiger partial charge in [-0.1, -0.05) is 25.7 Å². The molecule has 1 rings (SSSR count). The van der Waals surface area contributed by atoms with Gasteiger partial charge >= 0.3 is 0 Å². The number of aliphatic hydroxyl groups is 1. The molecule has 0 saturated carbocycles. The van der Waals surface area contributed by atoms with Gasteiger partial charge in [0.2, 0.25) is 10.0 Å². The minimum absolute atomic E-state index is 0.126. The minimum Gasteiger partial charge on any atom is -0.495 e. The van der Waals surface area contributed by atoms with E-state index in [1.54, 1.807) is 6.07 Å². The van der Waals surface area contributed by atoms with E-state index in [9.17, 15) is 8.42 Å². The van der Waals surface area contributed by atoms with E-state index in [1.807, 2.05) is 13.8 Å². The van der Waals surface area contributed by atoms with Crippen molar-refractivity contribution in [1.82, 2.24) is 4.72 Å². The van der Waals surface area contributed by atoms with Crippen molar-refractivity contribution in [3.63, 3.8) is 0 Å². The highest BCUT2D eigenvalue weighted by Crippen LogP contribution is 2.21. The molecule has 20 heavy (non-hydrogen) atoms. The molecule has 0 amide bonds. The first-order valence-electron chi connectivity index (χ1n) is 6.18. The van der Waals surface area contributed by atoms with E-state index in [4.69, 9.17) is 9.84 Å². The summed E-state index contributed by atoms with van der Waals surface area (Å²) in [6.07, 6.45) is 0. The molecule has 0 fully saturated rings. The number of hydrogen-bond donors (Lipinski definition) is 2. The van der Waals surface area contributed by atoms with Gasteiger partial charge in [0, 0.05) is 6.54 Å². The van der Waals surface area contributed by atoms with Crippen molar-refractivity contribution in [2.75, 3.05) is 20.3 Å². The molecule has 1 aromatic carbocycles. The molecule has 0 atom stereocenters. The molecule has 1 aromatic rings. The van der Waals surface area contributed by atoms with E-state index >= 15 is 0 Å². The highest BCUT2D eigenvalue weighted by atomic mass is 32.2. The third kappa shape index (κ3) is 4.53. The van der Waals surface area contributed by atoms with Gasteiger partial charge in [0.05, 0.1) is 17.6 Å². The molecule has 0 aliphatic carbocycles. The number of nitrogens with one attached hydrogen (secondary N) is 1. The van der Waals surface area contributed by atoms with Crippen molar-refractivity contribution in [3.05, 3.63) is 23.8 Å². The van der Waals surface area contributed by atoms with Crippen LogP contribution < -0.4 is 9.46 Å². The van der Waals surface area contributed by atoms with E-state index in [0.717, 1.165) is 0 Å². The van der Waals surface area contributed by atoms with Crippen LogP contribution in [0.3, 0.4) is 0 Å². The fourth-order valence-electron chi connectivity index (χ4n) is 1.45. The van der Waals surface area contributed by atoms with Crippen molar-refractivity contribution < 1.29 is 18.3 Å². The van der Waals surface area contributed by atoms with E-state index in [1.165, 1.54) is 19.2 Å². The molecule has 2 N–H and O–H groups in total. The molecule has 6 heteroatoms. The van der Waals surface area contributed by atoms with Gasteiger partial charge in [-0.05, 0) is 24.1 Å². The normalized spacial score (nSPS) is 11.1. The molecule has 0 aromatic heterocycles. The highest BCUT2D eigenvalue weighted by Gasteiger charge is 2.16. The fourth-order valence-corrected chi connectivity index (χ4v) is 2.69. The summed E-state index contributed by atoms with van der Waals surface area (Å²) < 4.78 is 31.9. The van der Waals surface area contributed by atoms with Gasteiger partial charge in [0.15, 0.2) is 0 Å². The zero-order valence-corrected chi connectivity index (χ0v) is 12.6. The molecule has 110 valence electrons. The monoisotopic (exact) mass is 297 g/mol. The quantitative estimate of drug-likeness (QED) is 0.794. The van der Waals surface area contributed by atoms with E-state index in [-0.39, 0.29) is 17.4 Å². The maximum atomic E-state index is 12.1. The molecular formula is C14H19NO4S. The summed E-state index contributed by atoms with van der Waals surface area (Å²) in [7, 11) is -2.09. The summed E-state index contributed by atoms with van der Waals surface area (Å²) >= 11 is 0. The van der Waals surface area contributed by atoms with Crippen molar-refractivity contribution in [2.24, 2.45) is 5.92 Å². The Bertz CT molecular complexity index is 612. The molecule has 0 unspecified atom stereocenters. The van der Waals surface area contributed by atoms with Crippen LogP contribution in [0.15, 0.2) is 23.1 Å². The predicted molar refractivity (Wildman–Crippen MR) is 77.0 cm³/mol. The van der Waals surface area contributed by atoms with Crippen LogP contribution in [0.2, 0.25) is 0 Å². The van der Waals surface area contributed by atoms with E-state index < -0.39 is 10.0 Å². The van der Waals surface area contributed by atoms with Crippen molar-refractivity contribution in [1.29, 1.82) is 0 Å². The molecule has 0 aliphatic heterocycles. The molecule has 0 heterocycles. The Kier molecular flexibility index (Phi) is 6.02. The Morgan fingerprint density at radius 3 is 2.65 bits per heavy atom. The number of sulfonamides is 1. The first-order valence-corrected chi connectivity index (χ1v) is 7.66. The number of aliphatic hydroxyl groups excluding tert-OH is 1. The van der Waals surface area contributed by atoms with E-state index in [2.05, 4.69) is 16.6 Å². The number of hydrogen-bond acceptors (Lipinski definition) is 4. The lowest BCUT2D eigenvalue weighted by Gasteiger charge is -2.10. The Hall–Kier alpha value is -1.55. The number of methoxy groups -OCH3 is 1. The summed E-state index contributed by atoms with van der Waals surface area (Å²) in [5.74, 6) is 5.84. The van der Waals surface area contributed by atoms with Crippen LogP contribution in [0, 0.1) is 17.8 Å². The standard InChI is InChI=1S/C14H19NO4S/c1-11(2)10-15-20(17,18)13-6-7-14(19-3)12(9-13)5-4-8-16/h6-7,9,11,15-16H,8,10H2,1-3H3. The third-order valence-corrected chi connectivity index (χ3v) is 3.89. The minimum atomic E-state index is -3.56. The number of rotatable bonds is 5. The lowest BCUT2D eigenvalue weighted by Crippen LogP contribution is -2.27. The second-order valence-corrected chi connectivity index (χ2v) is 6.33. The Morgan fingerprint density at radius 2 is 2.10 bits per heavy atom. The van der Waals surface area contributed by atoms with Crippen LogP contribution in [-0.4, -0.2) is 33.8 Å². The lowest BCUT2D eigenvalue weighted by atomic mass is 10.2. The third-order valence-electron chi connectivity index (χ3n) is 2.46. The second-order valence-electron chi connectivity index (χ2n) is 4.57. The summed E-state index contributed by atoms with van der Waals surface area (Å²) in [5, 5.41) is 8.72.